The lowest BCUT2D eigenvalue weighted by Gasteiger charge is -2.39. The molecule has 0 saturated carbocycles. The molecule has 1 saturated heterocycles. The van der Waals surface area contributed by atoms with Gasteiger partial charge in [0.2, 0.25) is 0 Å². The number of fused-ring (bicyclic) bond motifs is 1. The summed E-state index contributed by atoms with van der Waals surface area (Å²) in [6.07, 6.45) is 0.588. The molecule has 0 aliphatic carbocycles. The molecule has 0 radical (unpaired) electrons. The number of piperazine rings is 1. The highest BCUT2D eigenvalue weighted by Crippen LogP contribution is 2.29. The number of hydrogen-bond acceptors (Lipinski definition) is 6. The molecule has 3 aromatic rings. The van der Waals surface area contributed by atoms with E-state index in [-0.39, 0.29) is 12.0 Å². The number of para-hydroxylation sites is 2. The molecule has 4 rings (SSSR count). The van der Waals surface area contributed by atoms with Crippen molar-refractivity contribution in [2.45, 2.75) is 12.6 Å². The van der Waals surface area contributed by atoms with Crippen molar-refractivity contribution < 1.29 is 9.13 Å². The van der Waals surface area contributed by atoms with E-state index in [9.17, 15) is 4.39 Å². The number of nitrogens with zero attached hydrogens (tertiary/aromatic N) is 3. The summed E-state index contributed by atoms with van der Waals surface area (Å²) in [4.78, 5) is 9.22. The van der Waals surface area contributed by atoms with Crippen LogP contribution in [0.1, 0.15) is 5.01 Å². The summed E-state index contributed by atoms with van der Waals surface area (Å²) in [5.74, 6) is 0.673. The van der Waals surface area contributed by atoms with Gasteiger partial charge in [-0.1, -0.05) is 12.1 Å². The second-order valence-electron chi connectivity index (χ2n) is 6.69. The van der Waals surface area contributed by atoms with Crippen LogP contribution in [0.2, 0.25) is 0 Å². The Balaban J connectivity index is 1.38. The lowest BCUT2D eigenvalue weighted by Crippen LogP contribution is -2.54. The molecule has 2 heterocycles. The minimum Gasteiger partial charge on any atom is -0.495 e. The summed E-state index contributed by atoms with van der Waals surface area (Å²) >= 11 is 1.52. The van der Waals surface area contributed by atoms with Gasteiger partial charge in [0.25, 0.3) is 0 Å². The lowest BCUT2D eigenvalue weighted by molar-refractivity contribution is 0.187. The summed E-state index contributed by atoms with van der Waals surface area (Å²) < 4.78 is 19.7. The van der Waals surface area contributed by atoms with Crippen molar-refractivity contribution in [1.82, 2.24) is 9.88 Å². The molecule has 1 aliphatic rings. The van der Waals surface area contributed by atoms with E-state index >= 15 is 0 Å². The van der Waals surface area contributed by atoms with E-state index in [4.69, 9.17) is 10.5 Å². The highest BCUT2D eigenvalue weighted by atomic mass is 32.1. The average Bonchev–Trinajstić information content (AvgIpc) is 3.09. The number of anilines is 1. The van der Waals surface area contributed by atoms with Crippen LogP contribution in [0, 0.1) is 5.82 Å². The number of rotatable bonds is 5. The van der Waals surface area contributed by atoms with Crippen molar-refractivity contribution in [1.29, 1.82) is 0 Å². The quantitative estimate of drug-likeness (QED) is 0.730. The predicted molar refractivity (Wildman–Crippen MR) is 108 cm³/mol. The maximum absolute atomic E-state index is 13.4. The molecule has 0 bridgehead atoms. The van der Waals surface area contributed by atoms with Crippen LogP contribution in [-0.2, 0) is 6.42 Å². The van der Waals surface area contributed by atoms with Crippen LogP contribution in [0.15, 0.2) is 42.5 Å². The Hall–Kier alpha value is -2.22. The predicted octanol–water partition coefficient (Wildman–Crippen LogP) is 3.09. The van der Waals surface area contributed by atoms with Gasteiger partial charge in [0.05, 0.1) is 34.2 Å². The monoisotopic (exact) mass is 386 g/mol. The first kappa shape index (κ1) is 18.2. The molecule has 2 aromatic carbocycles. The summed E-state index contributed by atoms with van der Waals surface area (Å²) in [5, 5.41) is 0.954. The second-order valence-corrected chi connectivity index (χ2v) is 7.80. The van der Waals surface area contributed by atoms with E-state index in [1.54, 1.807) is 13.2 Å². The van der Waals surface area contributed by atoms with Crippen molar-refractivity contribution >= 4 is 27.2 Å². The van der Waals surface area contributed by atoms with Crippen molar-refractivity contribution in [3.05, 3.63) is 53.3 Å². The SMILES string of the molecule is COc1ccccc1N1CCN(C(N)Cc2nc3ccc(F)cc3s2)CC1. The fourth-order valence-electron chi connectivity index (χ4n) is 3.53. The van der Waals surface area contributed by atoms with E-state index in [1.165, 1.54) is 23.5 Å². The van der Waals surface area contributed by atoms with Crippen LogP contribution in [0.3, 0.4) is 0 Å². The summed E-state index contributed by atoms with van der Waals surface area (Å²) in [5.41, 5.74) is 8.41. The van der Waals surface area contributed by atoms with Gasteiger partial charge in [-0.25, -0.2) is 9.37 Å². The van der Waals surface area contributed by atoms with Crippen LogP contribution in [0.4, 0.5) is 10.1 Å². The number of aromatic nitrogens is 1. The van der Waals surface area contributed by atoms with Gasteiger partial charge in [-0.15, -0.1) is 11.3 Å². The van der Waals surface area contributed by atoms with Crippen LogP contribution >= 0.6 is 11.3 Å². The molecule has 1 unspecified atom stereocenters. The van der Waals surface area contributed by atoms with E-state index in [1.807, 2.05) is 18.2 Å². The molecular weight excluding hydrogens is 363 g/mol. The molecule has 1 atom stereocenters. The first-order valence-corrected chi connectivity index (χ1v) is 9.88. The molecule has 5 nitrogen and oxygen atoms in total. The third-order valence-corrected chi connectivity index (χ3v) is 6.03. The molecule has 0 spiro atoms. The second kappa shape index (κ2) is 7.80. The summed E-state index contributed by atoms with van der Waals surface area (Å²) in [6, 6.07) is 12.8. The van der Waals surface area contributed by atoms with Crippen molar-refractivity contribution in [2.24, 2.45) is 5.73 Å². The Labute approximate surface area is 162 Å². The lowest BCUT2D eigenvalue weighted by atomic mass is 10.2. The Morgan fingerprint density at radius 1 is 1.19 bits per heavy atom. The van der Waals surface area contributed by atoms with Gasteiger partial charge in [0, 0.05) is 32.6 Å². The molecule has 27 heavy (non-hydrogen) atoms. The van der Waals surface area contributed by atoms with Gasteiger partial charge in [-0.2, -0.15) is 0 Å². The zero-order valence-corrected chi connectivity index (χ0v) is 16.1. The Bertz CT molecular complexity index is 923. The van der Waals surface area contributed by atoms with Gasteiger partial charge in [0.15, 0.2) is 0 Å². The number of methoxy groups -OCH3 is 1. The molecule has 142 valence electrons. The van der Waals surface area contributed by atoms with Crippen LogP contribution < -0.4 is 15.4 Å². The number of halogens is 1. The Morgan fingerprint density at radius 3 is 2.74 bits per heavy atom. The van der Waals surface area contributed by atoms with Gasteiger partial charge in [-0.05, 0) is 30.3 Å². The Morgan fingerprint density at radius 2 is 1.96 bits per heavy atom. The molecule has 1 aliphatic heterocycles. The highest BCUT2D eigenvalue weighted by Gasteiger charge is 2.24. The molecule has 1 aromatic heterocycles. The minimum absolute atomic E-state index is 0.0878. The number of benzene rings is 2. The highest BCUT2D eigenvalue weighted by molar-refractivity contribution is 7.18. The van der Waals surface area contributed by atoms with E-state index in [0.29, 0.717) is 6.42 Å². The smallest absolute Gasteiger partial charge is 0.142 e. The standard InChI is InChI=1S/C20H23FN4OS/c1-26-17-5-3-2-4-16(17)24-8-10-25(11-9-24)19(22)13-20-23-15-7-6-14(21)12-18(15)27-20/h2-7,12,19H,8-11,13,22H2,1H3. The first-order chi connectivity index (χ1) is 13.1. The number of hydrogen-bond donors (Lipinski definition) is 1. The fourth-order valence-corrected chi connectivity index (χ4v) is 4.57. The van der Waals surface area contributed by atoms with E-state index < -0.39 is 0 Å². The molecular formula is C20H23FN4OS. The zero-order chi connectivity index (χ0) is 18.8. The number of thiazole rings is 1. The van der Waals surface area contributed by atoms with Crippen molar-refractivity contribution in [2.75, 3.05) is 38.2 Å². The maximum atomic E-state index is 13.4. The van der Waals surface area contributed by atoms with Crippen LogP contribution in [0.5, 0.6) is 5.75 Å². The van der Waals surface area contributed by atoms with Gasteiger partial charge >= 0.3 is 0 Å². The molecule has 7 heteroatoms. The molecule has 0 amide bonds. The maximum Gasteiger partial charge on any atom is 0.142 e. The average molecular weight is 386 g/mol. The third kappa shape index (κ3) is 3.90. The van der Waals surface area contributed by atoms with Crippen LogP contribution in [-0.4, -0.2) is 49.3 Å². The zero-order valence-electron chi connectivity index (χ0n) is 15.3. The van der Waals surface area contributed by atoms with Crippen molar-refractivity contribution in [3.63, 3.8) is 0 Å². The topological polar surface area (TPSA) is 54.6 Å². The van der Waals surface area contributed by atoms with Gasteiger partial charge in [0.1, 0.15) is 11.6 Å². The largest absolute Gasteiger partial charge is 0.495 e. The van der Waals surface area contributed by atoms with E-state index in [2.05, 4.69) is 20.9 Å². The Kier molecular flexibility index (Phi) is 5.24. The molecule has 1 fully saturated rings. The minimum atomic E-state index is -0.227. The van der Waals surface area contributed by atoms with E-state index in [0.717, 1.165) is 52.8 Å². The fraction of sp³-hybridized carbons (Fsp3) is 0.350. The van der Waals surface area contributed by atoms with Gasteiger partial charge in [-0.3, -0.25) is 4.90 Å². The first-order valence-electron chi connectivity index (χ1n) is 9.06. The number of nitrogens with two attached hydrogens (primary N) is 1. The molecule has 2 N–H and O–H groups in total. The number of ether oxygens (including phenoxy) is 1. The van der Waals surface area contributed by atoms with Crippen molar-refractivity contribution in [3.8, 4) is 5.75 Å². The van der Waals surface area contributed by atoms with Crippen LogP contribution in [0.25, 0.3) is 10.2 Å². The third-order valence-electron chi connectivity index (χ3n) is 4.99. The summed E-state index contributed by atoms with van der Waals surface area (Å²) in [6.45, 7) is 3.58. The summed E-state index contributed by atoms with van der Waals surface area (Å²) in [7, 11) is 1.70. The van der Waals surface area contributed by atoms with Gasteiger partial charge < -0.3 is 15.4 Å². The normalized spacial score (nSPS) is 16.6.